The molecule has 0 aliphatic carbocycles. The molecule has 0 spiro atoms. The second kappa shape index (κ2) is 8.54. The molecule has 0 atom stereocenters. The lowest BCUT2D eigenvalue weighted by Gasteiger charge is -2.09. The van der Waals surface area contributed by atoms with Crippen LogP contribution in [0.3, 0.4) is 0 Å². The van der Waals surface area contributed by atoms with E-state index in [4.69, 9.17) is 9.47 Å². The first kappa shape index (κ1) is 17.3. The zero-order valence-electron chi connectivity index (χ0n) is 13.3. The summed E-state index contributed by atoms with van der Waals surface area (Å²) in [6.45, 7) is 1.11. The van der Waals surface area contributed by atoms with Crippen molar-refractivity contribution in [3.63, 3.8) is 0 Å². The summed E-state index contributed by atoms with van der Waals surface area (Å²) in [4.78, 5) is 11.3. The van der Waals surface area contributed by atoms with Crippen LogP contribution in [0.1, 0.15) is 0 Å². The van der Waals surface area contributed by atoms with Crippen LogP contribution in [-0.4, -0.2) is 54.4 Å². The van der Waals surface area contributed by atoms with Crippen LogP contribution in [0.2, 0.25) is 0 Å². The van der Waals surface area contributed by atoms with Crippen LogP contribution < -0.4 is 4.74 Å². The number of rotatable bonds is 8. The topological polar surface area (TPSA) is 75.5 Å². The van der Waals surface area contributed by atoms with E-state index in [-0.39, 0.29) is 11.7 Å². The van der Waals surface area contributed by atoms with E-state index in [0.717, 1.165) is 17.1 Å². The third-order valence-corrected chi connectivity index (χ3v) is 4.07. The van der Waals surface area contributed by atoms with Gasteiger partial charge < -0.3 is 14.2 Å². The van der Waals surface area contributed by atoms with Crippen molar-refractivity contribution in [2.45, 2.75) is 11.7 Å². The Hall–Kier alpha value is -2.06. The van der Waals surface area contributed by atoms with Gasteiger partial charge in [0.05, 0.1) is 33.1 Å². The first-order valence-corrected chi connectivity index (χ1v) is 7.94. The number of methoxy groups -OCH3 is 3. The minimum atomic E-state index is -0.303. The molecule has 7 nitrogen and oxygen atoms in total. The molecule has 2 rings (SSSR count). The van der Waals surface area contributed by atoms with Gasteiger partial charge in [0, 0.05) is 12.7 Å². The van der Waals surface area contributed by atoms with Crippen molar-refractivity contribution in [1.29, 1.82) is 0 Å². The molecule has 0 aliphatic rings. The Morgan fingerprint density at radius 3 is 2.52 bits per heavy atom. The van der Waals surface area contributed by atoms with Crippen LogP contribution in [-0.2, 0) is 20.8 Å². The van der Waals surface area contributed by atoms with Crippen molar-refractivity contribution in [3.8, 4) is 17.1 Å². The van der Waals surface area contributed by atoms with Crippen molar-refractivity contribution in [2.75, 3.05) is 33.7 Å². The highest BCUT2D eigenvalue weighted by Crippen LogP contribution is 2.25. The molecule has 2 aromatic rings. The number of hydrogen-bond acceptors (Lipinski definition) is 7. The predicted molar refractivity (Wildman–Crippen MR) is 86.6 cm³/mol. The first-order chi connectivity index (χ1) is 11.2. The predicted octanol–water partition coefficient (Wildman–Crippen LogP) is 1.87. The van der Waals surface area contributed by atoms with Crippen molar-refractivity contribution in [1.82, 2.24) is 14.8 Å². The van der Waals surface area contributed by atoms with E-state index >= 15 is 0 Å². The fourth-order valence-corrected chi connectivity index (χ4v) is 2.71. The normalized spacial score (nSPS) is 10.6. The summed E-state index contributed by atoms with van der Waals surface area (Å²) < 4.78 is 16.9. The number of thioether (sulfide) groups is 1. The molecule has 23 heavy (non-hydrogen) atoms. The van der Waals surface area contributed by atoms with Crippen LogP contribution in [0.4, 0.5) is 0 Å². The second-order valence-electron chi connectivity index (χ2n) is 4.54. The lowest BCUT2D eigenvalue weighted by atomic mass is 10.2. The third kappa shape index (κ3) is 4.46. The van der Waals surface area contributed by atoms with E-state index in [1.165, 1.54) is 18.9 Å². The monoisotopic (exact) mass is 337 g/mol. The Balaban J connectivity index is 2.26. The number of aromatic nitrogens is 3. The van der Waals surface area contributed by atoms with Crippen molar-refractivity contribution in [2.24, 2.45) is 0 Å². The number of carbonyl (C=O) groups excluding carboxylic acids is 1. The summed E-state index contributed by atoms with van der Waals surface area (Å²) in [6.07, 6.45) is 0. The van der Waals surface area contributed by atoms with Gasteiger partial charge in [-0.3, -0.25) is 9.36 Å². The molecule has 1 aromatic heterocycles. The van der Waals surface area contributed by atoms with Gasteiger partial charge in [-0.1, -0.05) is 11.8 Å². The molecule has 0 amide bonds. The summed E-state index contributed by atoms with van der Waals surface area (Å²) in [6, 6.07) is 7.57. The number of carbonyl (C=O) groups is 1. The first-order valence-electron chi connectivity index (χ1n) is 6.95. The van der Waals surface area contributed by atoms with Gasteiger partial charge in [0.1, 0.15) is 5.75 Å². The number of esters is 1. The fraction of sp³-hybridized carbons (Fsp3) is 0.400. The number of benzene rings is 1. The molecule has 124 valence electrons. The lowest BCUT2D eigenvalue weighted by Crippen LogP contribution is -2.09. The van der Waals surface area contributed by atoms with Gasteiger partial charge in [-0.2, -0.15) is 0 Å². The smallest absolute Gasteiger partial charge is 0.316 e. The van der Waals surface area contributed by atoms with Crippen LogP contribution in [0, 0.1) is 0 Å². The van der Waals surface area contributed by atoms with Crippen LogP contribution in [0.15, 0.2) is 29.4 Å². The number of hydrogen-bond donors (Lipinski definition) is 0. The fourth-order valence-electron chi connectivity index (χ4n) is 1.92. The molecule has 0 saturated carbocycles. The van der Waals surface area contributed by atoms with Crippen molar-refractivity contribution in [3.05, 3.63) is 24.3 Å². The Kier molecular flexibility index (Phi) is 6.42. The molecule has 1 heterocycles. The standard InChI is InChI=1S/C15H19N3O4S/c1-20-9-8-18-14(11-4-6-12(21-2)7-5-11)16-17-15(18)23-10-13(19)22-3/h4-7H,8-10H2,1-3H3. The van der Waals surface area contributed by atoms with Gasteiger partial charge in [0.15, 0.2) is 11.0 Å². The molecule has 0 saturated heterocycles. The molecule has 0 aliphatic heterocycles. The Morgan fingerprint density at radius 1 is 1.17 bits per heavy atom. The largest absolute Gasteiger partial charge is 0.497 e. The quantitative estimate of drug-likeness (QED) is 0.537. The summed E-state index contributed by atoms with van der Waals surface area (Å²) >= 11 is 1.29. The minimum Gasteiger partial charge on any atom is -0.497 e. The van der Waals surface area contributed by atoms with Crippen LogP contribution in [0.5, 0.6) is 5.75 Å². The molecule has 0 radical (unpaired) electrons. The molecular formula is C15H19N3O4S. The van der Waals surface area contributed by atoms with Crippen molar-refractivity contribution < 1.29 is 19.0 Å². The summed E-state index contributed by atoms with van der Waals surface area (Å²) in [5, 5.41) is 9.07. The molecule has 8 heteroatoms. The van der Waals surface area contributed by atoms with E-state index in [2.05, 4.69) is 14.9 Å². The van der Waals surface area contributed by atoms with Gasteiger partial charge >= 0.3 is 5.97 Å². The molecular weight excluding hydrogens is 318 g/mol. The SMILES string of the molecule is COCCn1c(SCC(=O)OC)nnc1-c1ccc(OC)cc1. The van der Waals surface area contributed by atoms with Gasteiger partial charge in [-0.05, 0) is 24.3 Å². The van der Waals surface area contributed by atoms with Gasteiger partial charge in [0.2, 0.25) is 0 Å². The Labute approximate surface area is 138 Å². The van der Waals surface area contributed by atoms with Gasteiger partial charge in [0.25, 0.3) is 0 Å². The van der Waals surface area contributed by atoms with Gasteiger partial charge in [-0.15, -0.1) is 10.2 Å². The van der Waals surface area contributed by atoms with Crippen LogP contribution >= 0.6 is 11.8 Å². The average Bonchev–Trinajstić information content (AvgIpc) is 3.00. The highest BCUT2D eigenvalue weighted by atomic mass is 32.2. The number of nitrogens with zero attached hydrogens (tertiary/aromatic N) is 3. The second-order valence-corrected chi connectivity index (χ2v) is 5.49. The van der Waals surface area contributed by atoms with Crippen molar-refractivity contribution >= 4 is 17.7 Å². The van der Waals surface area contributed by atoms with E-state index in [1.807, 2.05) is 28.8 Å². The molecule has 1 aromatic carbocycles. The van der Waals surface area contributed by atoms with E-state index in [9.17, 15) is 4.79 Å². The maximum atomic E-state index is 11.3. The molecule has 0 unspecified atom stereocenters. The van der Waals surface area contributed by atoms with E-state index in [1.54, 1.807) is 14.2 Å². The summed E-state index contributed by atoms with van der Waals surface area (Å²) in [7, 11) is 4.62. The Morgan fingerprint density at radius 2 is 1.91 bits per heavy atom. The third-order valence-electron chi connectivity index (χ3n) is 3.13. The zero-order valence-corrected chi connectivity index (χ0v) is 14.1. The summed E-state index contributed by atoms with van der Waals surface area (Å²) in [5.41, 5.74) is 0.916. The summed E-state index contributed by atoms with van der Waals surface area (Å²) in [5.74, 6) is 1.38. The zero-order chi connectivity index (χ0) is 16.7. The van der Waals surface area contributed by atoms with Gasteiger partial charge in [-0.25, -0.2) is 0 Å². The van der Waals surface area contributed by atoms with E-state index in [0.29, 0.717) is 18.3 Å². The average molecular weight is 337 g/mol. The van der Waals surface area contributed by atoms with Crippen LogP contribution in [0.25, 0.3) is 11.4 Å². The highest BCUT2D eigenvalue weighted by Gasteiger charge is 2.15. The number of ether oxygens (including phenoxy) is 3. The maximum Gasteiger partial charge on any atom is 0.316 e. The lowest BCUT2D eigenvalue weighted by molar-refractivity contribution is -0.137. The maximum absolute atomic E-state index is 11.3. The molecule has 0 bridgehead atoms. The Bertz CT molecular complexity index is 643. The highest BCUT2D eigenvalue weighted by molar-refractivity contribution is 7.99. The molecule has 0 N–H and O–H groups in total. The molecule has 0 fully saturated rings. The minimum absolute atomic E-state index is 0.185. The van der Waals surface area contributed by atoms with E-state index < -0.39 is 0 Å².